The van der Waals surface area contributed by atoms with Gasteiger partial charge in [-0.05, 0) is 62.6 Å². The Kier molecular flexibility index (Phi) is 5.67. The van der Waals surface area contributed by atoms with Gasteiger partial charge in [0.25, 0.3) is 5.91 Å². The molecule has 0 spiro atoms. The van der Waals surface area contributed by atoms with Gasteiger partial charge in [-0.1, -0.05) is 31.5 Å². The predicted octanol–water partition coefficient (Wildman–Crippen LogP) is 3.74. The number of carbonyl (C=O) groups excluding carboxylic acids is 1. The van der Waals surface area contributed by atoms with Crippen LogP contribution < -0.4 is 9.62 Å². The van der Waals surface area contributed by atoms with Crippen LogP contribution >= 0.6 is 0 Å². The first-order valence-electron chi connectivity index (χ1n) is 9.37. The van der Waals surface area contributed by atoms with Gasteiger partial charge in [0.15, 0.2) is 0 Å². The van der Waals surface area contributed by atoms with Gasteiger partial charge in [0.05, 0.1) is 4.90 Å². The lowest BCUT2D eigenvalue weighted by molar-refractivity contribution is 0.0981. The third-order valence-corrected chi connectivity index (χ3v) is 6.48. The summed E-state index contributed by atoms with van der Waals surface area (Å²) in [6, 6.07) is 14.1. The van der Waals surface area contributed by atoms with E-state index in [4.69, 9.17) is 0 Å². The Bertz CT molecular complexity index is 926. The number of nitrogens with zero attached hydrogens (tertiary/aromatic N) is 1. The smallest absolute Gasteiger partial charge is 0.258 e. The third-order valence-electron chi connectivity index (χ3n) is 4.89. The molecular weight excluding hydrogens is 360 g/mol. The molecule has 6 heteroatoms. The van der Waals surface area contributed by atoms with E-state index in [9.17, 15) is 13.2 Å². The summed E-state index contributed by atoms with van der Waals surface area (Å²) in [6.07, 6.45) is 2.35. The van der Waals surface area contributed by atoms with Gasteiger partial charge in [0.2, 0.25) is 10.0 Å². The van der Waals surface area contributed by atoms with E-state index < -0.39 is 10.0 Å². The Morgan fingerprint density at radius 2 is 1.93 bits per heavy atom. The zero-order valence-electron chi connectivity index (χ0n) is 16.0. The molecule has 1 heterocycles. The zero-order valence-corrected chi connectivity index (χ0v) is 16.8. The first kappa shape index (κ1) is 19.6. The van der Waals surface area contributed by atoms with Gasteiger partial charge >= 0.3 is 0 Å². The second-order valence-corrected chi connectivity index (χ2v) is 8.91. The van der Waals surface area contributed by atoms with E-state index in [1.54, 1.807) is 35.2 Å². The highest BCUT2D eigenvalue weighted by molar-refractivity contribution is 7.89. The van der Waals surface area contributed by atoms with E-state index in [1.807, 2.05) is 39.0 Å². The fourth-order valence-corrected chi connectivity index (χ4v) is 4.96. The third kappa shape index (κ3) is 4.06. The molecule has 1 aliphatic rings. The average molecular weight is 387 g/mol. The summed E-state index contributed by atoms with van der Waals surface area (Å²) in [5.74, 6) is -0.0628. The molecule has 3 rings (SSSR count). The Balaban J connectivity index is 1.89. The highest BCUT2D eigenvalue weighted by Crippen LogP contribution is 2.35. The van der Waals surface area contributed by atoms with Crippen molar-refractivity contribution in [2.45, 2.75) is 57.0 Å². The van der Waals surface area contributed by atoms with Gasteiger partial charge < -0.3 is 4.90 Å². The predicted molar refractivity (Wildman–Crippen MR) is 108 cm³/mol. The van der Waals surface area contributed by atoms with Crippen molar-refractivity contribution in [1.82, 2.24) is 4.72 Å². The Morgan fingerprint density at radius 3 is 2.59 bits per heavy atom. The summed E-state index contributed by atoms with van der Waals surface area (Å²) in [6.45, 7) is 5.88. The summed E-state index contributed by atoms with van der Waals surface area (Å²) in [4.78, 5) is 14.9. The summed E-state index contributed by atoms with van der Waals surface area (Å²) in [5.41, 5.74) is 2.30. The molecule has 0 radical (unpaired) electrons. The Morgan fingerprint density at radius 1 is 1.22 bits per heavy atom. The minimum Gasteiger partial charge on any atom is -0.305 e. The maximum absolute atomic E-state index is 12.9. The normalized spacial score (nSPS) is 17.6. The number of carbonyl (C=O) groups is 1. The van der Waals surface area contributed by atoms with E-state index in [2.05, 4.69) is 4.72 Å². The van der Waals surface area contributed by atoms with Gasteiger partial charge in [0.1, 0.15) is 0 Å². The minimum absolute atomic E-state index is 0.0161. The van der Waals surface area contributed by atoms with Crippen LogP contribution in [0.5, 0.6) is 0 Å². The van der Waals surface area contributed by atoms with Gasteiger partial charge in [-0.3, -0.25) is 4.79 Å². The number of hydrogen-bond donors (Lipinski definition) is 1. The quantitative estimate of drug-likeness (QED) is 0.822. The second kappa shape index (κ2) is 7.82. The molecule has 0 unspecified atom stereocenters. The van der Waals surface area contributed by atoms with Crippen molar-refractivity contribution in [2.75, 3.05) is 4.90 Å². The van der Waals surface area contributed by atoms with Gasteiger partial charge in [-0.2, -0.15) is 0 Å². The fourth-order valence-electron chi connectivity index (χ4n) is 3.63. The standard InChI is InChI=1S/C21H26N2O3S/c1-4-8-15(2)22-27(25,26)19-11-12-20-18(14-19)13-16(3)23(20)21(24)17-9-6-5-7-10-17/h5-7,9-12,14-16,22H,4,8,13H2,1-3H3/t15-,16-/m1/s1. The van der Waals surface area contributed by atoms with Crippen LogP contribution in [0.15, 0.2) is 53.4 Å². The number of amides is 1. The van der Waals surface area contributed by atoms with Crippen LogP contribution in [0.1, 0.15) is 49.5 Å². The lowest BCUT2D eigenvalue weighted by Crippen LogP contribution is -2.35. The van der Waals surface area contributed by atoms with Gasteiger partial charge in [-0.15, -0.1) is 0 Å². The van der Waals surface area contributed by atoms with Crippen molar-refractivity contribution in [3.63, 3.8) is 0 Å². The highest BCUT2D eigenvalue weighted by atomic mass is 32.2. The average Bonchev–Trinajstić information content (AvgIpc) is 2.96. The monoisotopic (exact) mass is 386 g/mol. The molecule has 27 heavy (non-hydrogen) atoms. The van der Waals surface area contributed by atoms with Crippen LogP contribution in [0, 0.1) is 0 Å². The number of sulfonamides is 1. The molecule has 1 N–H and O–H groups in total. The lowest BCUT2D eigenvalue weighted by atomic mass is 10.1. The largest absolute Gasteiger partial charge is 0.305 e. The van der Waals surface area contributed by atoms with Crippen molar-refractivity contribution >= 4 is 21.6 Å². The fraction of sp³-hybridized carbons (Fsp3) is 0.381. The Labute approximate surface area is 161 Å². The molecule has 0 saturated heterocycles. The molecule has 0 fully saturated rings. The molecular formula is C21H26N2O3S. The molecule has 1 aliphatic heterocycles. The van der Waals surface area contributed by atoms with Crippen molar-refractivity contribution in [2.24, 2.45) is 0 Å². The molecule has 0 aliphatic carbocycles. The van der Waals surface area contributed by atoms with Crippen molar-refractivity contribution in [3.8, 4) is 0 Å². The number of fused-ring (bicyclic) bond motifs is 1. The van der Waals surface area contributed by atoms with Crippen molar-refractivity contribution in [3.05, 3.63) is 59.7 Å². The maximum Gasteiger partial charge on any atom is 0.258 e. The molecule has 2 aromatic rings. The van der Waals surface area contributed by atoms with E-state index in [0.29, 0.717) is 12.0 Å². The van der Waals surface area contributed by atoms with E-state index in [0.717, 1.165) is 24.1 Å². The topological polar surface area (TPSA) is 66.5 Å². The second-order valence-electron chi connectivity index (χ2n) is 7.20. The van der Waals surface area contributed by atoms with Gasteiger partial charge in [-0.25, -0.2) is 13.1 Å². The van der Waals surface area contributed by atoms with Crippen LogP contribution in [0.3, 0.4) is 0 Å². The minimum atomic E-state index is -3.56. The van der Waals surface area contributed by atoms with Crippen molar-refractivity contribution < 1.29 is 13.2 Å². The maximum atomic E-state index is 12.9. The summed E-state index contributed by atoms with van der Waals surface area (Å²) in [7, 11) is -3.56. The number of anilines is 1. The first-order chi connectivity index (χ1) is 12.8. The first-order valence-corrected chi connectivity index (χ1v) is 10.9. The number of rotatable bonds is 6. The zero-order chi connectivity index (χ0) is 19.6. The van der Waals surface area contributed by atoms with Crippen LogP contribution in [-0.2, 0) is 16.4 Å². The molecule has 0 saturated carbocycles. The SMILES string of the molecule is CCC[C@@H](C)NS(=O)(=O)c1ccc2c(c1)C[C@@H](C)N2C(=O)c1ccccc1. The van der Waals surface area contributed by atoms with Crippen molar-refractivity contribution in [1.29, 1.82) is 0 Å². The van der Waals surface area contributed by atoms with Crippen LogP contribution in [0.2, 0.25) is 0 Å². The molecule has 0 aromatic heterocycles. The van der Waals surface area contributed by atoms with Gasteiger partial charge in [0, 0.05) is 23.3 Å². The van der Waals surface area contributed by atoms with E-state index >= 15 is 0 Å². The molecule has 0 bridgehead atoms. The summed E-state index contributed by atoms with van der Waals surface area (Å²) in [5, 5.41) is 0. The van der Waals surface area contributed by atoms with E-state index in [-0.39, 0.29) is 22.9 Å². The van der Waals surface area contributed by atoms with Crippen LogP contribution in [0.25, 0.3) is 0 Å². The number of hydrogen-bond acceptors (Lipinski definition) is 3. The highest BCUT2D eigenvalue weighted by Gasteiger charge is 2.32. The molecule has 1 amide bonds. The summed E-state index contributed by atoms with van der Waals surface area (Å²) < 4.78 is 28.0. The van der Waals surface area contributed by atoms with Crippen LogP contribution in [0.4, 0.5) is 5.69 Å². The summed E-state index contributed by atoms with van der Waals surface area (Å²) >= 11 is 0. The van der Waals surface area contributed by atoms with Crippen LogP contribution in [-0.4, -0.2) is 26.4 Å². The molecule has 2 aromatic carbocycles. The molecule has 144 valence electrons. The lowest BCUT2D eigenvalue weighted by Gasteiger charge is -2.23. The Hall–Kier alpha value is -2.18. The molecule has 2 atom stereocenters. The molecule has 5 nitrogen and oxygen atoms in total. The van der Waals surface area contributed by atoms with E-state index in [1.165, 1.54) is 0 Å². The number of benzene rings is 2. The number of nitrogens with one attached hydrogen (secondary N) is 1.